The topological polar surface area (TPSA) is 63.0 Å². The molecule has 1 aromatic rings. The van der Waals surface area contributed by atoms with Gasteiger partial charge in [-0.15, -0.1) is 0 Å². The average molecular weight is 299 g/mol. The van der Waals surface area contributed by atoms with Crippen LogP contribution >= 0.6 is 0 Å². The number of azo groups is 1. The van der Waals surface area contributed by atoms with Gasteiger partial charge in [-0.25, -0.2) is 4.79 Å². The van der Waals surface area contributed by atoms with Crippen LogP contribution < -0.4 is 5.32 Å². The number of methoxy groups -OCH3 is 1. The van der Waals surface area contributed by atoms with Crippen LogP contribution in [0.2, 0.25) is 0 Å². The molecule has 3 aliphatic rings. The molecule has 1 N–H and O–H groups in total. The van der Waals surface area contributed by atoms with Gasteiger partial charge in [-0.1, -0.05) is 29.8 Å². The molecule has 1 aliphatic carbocycles. The van der Waals surface area contributed by atoms with Crippen molar-refractivity contribution >= 4 is 5.97 Å². The highest BCUT2D eigenvalue weighted by molar-refractivity contribution is 5.83. The third kappa shape index (κ3) is 1.60. The number of carbonyl (C=O) groups excluding carboxylic acids is 1. The molecule has 1 saturated carbocycles. The van der Waals surface area contributed by atoms with Gasteiger partial charge in [-0.2, -0.15) is 10.2 Å². The molecule has 0 bridgehead atoms. The lowest BCUT2D eigenvalue weighted by Gasteiger charge is -2.41. The van der Waals surface area contributed by atoms with E-state index in [0.29, 0.717) is 6.54 Å². The van der Waals surface area contributed by atoms with E-state index >= 15 is 0 Å². The lowest BCUT2D eigenvalue weighted by molar-refractivity contribution is -0.148. The van der Waals surface area contributed by atoms with E-state index < -0.39 is 5.54 Å². The summed E-state index contributed by atoms with van der Waals surface area (Å²) in [6, 6.07) is 8.79. The summed E-state index contributed by atoms with van der Waals surface area (Å²) in [4.78, 5) is 12.5. The number of ether oxygens (including phenoxy) is 1. The Morgan fingerprint density at radius 3 is 2.82 bits per heavy atom. The van der Waals surface area contributed by atoms with Gasteiger partial charge in [0.05, 0.1) is 7.11 Å². The summed E-state index contributed by atoms with van der Waals surface area (Å²) in [5.41, 5.74) is 1.18. The van der Waals surface area contributed by atoms with Crippen molar-refractivity contribution in [2.45, 2.75) is 43.3 Å². The van der Waals surface area contributed by atoms with Crippen molar-refractivity contribution < 1.29 is 9.53 Å². The van der Waals surface area contributed by atoms with Gasteiger partial charge in [0.15, 0.2) is 5.54 Å². The maximum Gasteiger partial charge on any atom is 0.337 e. The molecular weight excluding hydrogens is 278 g/mol. The van der Waals surface area contributed by atoms with Crippen molar-refractivity contribution in [1.29, 1.82) is 0 Å². The minimum absolute atomic E-state index is 0.0592. The van der Waals surface area contributed by atoms with Gasteiger partial charge < -0.3 is 10.1 Å². The van der Waals surface area contributed by atoms with E-state index in [1.165, 1.54) is 18.2 Å². The predicted molar refractivity (Wildman–Crippen MR) is 81.6 cm³/mol. The molecular formula is C17H21N3O2. The number of aryl methyl sites for hydroxylation is 1. The van der Waals surface area contributed by atoms with E-state index in [1.54, 1.807) is 0 Å². The lowest BCUT2D eigenvalue weighted by Crippen LogP contribution is -2.52. The molecule has 0 aromatic heterocycles. The molecule has 2 fully saturated rings. The Bertz CT molecular complexity index is 642. The zero-order chi connectivity index (χ0) is 15.4. The highest BCUT2D eigenvalue weighted by atomic mass is 16.5. The van der Waals surface area contributed by atoms with E-state index in [4.69, 9.17) is 9.85 Å². The van der Waals surface area contributed by atoms with Crippen molar-refractivity contribution in [2.75, 3.05) is 13.7 Å². The van der Waals surface area contributed by atoms with Crippen molar-refractivity contribution in [3.8, 4) is 0 Å². The number of benzene rings is 1. The van der Waals surface area contributed by atoms with Crippen LogP contribution in [0.5, 0.6) is 0 Å². The molecule has 4 rings (SSSR count). The molecule has 2 heterocycles. The second kappa shape index (κ2) is 4.62. The summed E-state index contributed by atoms with van der Waals surface area (Å²) in [7, 11) is 1.44. The Morgan fingerprint density at radius 1 is 1.32 bits per heavy atom. The van der Waals surface area contributed by atoms with E-state index in [2.05, 4.69) is 41.6 Å². The van der Waals surface area contributed by atoms with Crippen LogP contribution in [0.3, 0.4) is 0 Å². The number of hydrogen-bond donors (Lipinski definition) is 1. The quantitative estimate of drug-likeness (QED) is 0.853. The van der Waals surface area contributed by atoms with Crippen molar-refractivity contribution in [3.05, 3.63) is 35.4 Å². The van der Waals surface area contributed by atoms with Gasteiger partial charge in [0.2, 0.25) is 0 Å². The van der Waals surface area contributed by atoms with E-state index in [-0.39, 0.29) is 23.5 Å². The monoisotopic (exact) mass is 299 g/mol. The number of hydrogen-bond acceptors (Lipinski definition) is 5. The molecule has 0 unspecified atom stereocenters. The Balaban J connectivity index is 1.84. The number of nitrogens with zero attached hydrogens (tertiary/aromatic N) is 2. The molecule has 5 nitrogen and oxygen atoms in total. The zero-order valence-electron chi connectivity index (χ0n) is 13.0. The van der Waals surface area contributed by atoms with Gasteiger partial charge in [0.25, 0.3) is 0 Å². The Hall–Kier alpha value is -1.75. The summed E-state index contributed by atoms with van der Waals surface area (Å²) in [6.45, 7) is 2.61. The fourth-order valence-corrected chi connectivity index (χ4v) is 4.62. The Morgan fingerprint density at radius 2 is 2.09 bits per heavy atom. The highest BCUT2D eigenvalue weighted by Crippen LogP contribution is 2.57. The minimum Gasteiger partial charge on any atom is -0.467 e. The van der Waals surface area contributed by atoms with Gasteiger partial charge in [-0.3, -0.25) is 0 Å². The summed E-state index contributed by atoms with van der Waals surface area (Å²) < 4.78 is 5.07. The Labute approximate surface area is 130 Å². The first-order valence-corrected chi connectivity index (χ1v) is 7.95. The van der Waals surface area contributed by atoms with Crippen molar-refractivity contribution in [1.82, 2.24) is 5.32 Å². The molecule has 1 saturated heterocycles. The fraction of sp³-hybridized carbons (Fsp3) is 0.588. The third-order valence-corrected chi connectivity index (χ3v) is 5.64. The van der Waals surface area contributed by atoms with Crippen LogP contribution in [0, 0.1) is 12.8 Å². The molecule has 0 amide bonds. The van der Waals surface area contributed by atoms with Gasteiger partial charge in [0.1, 0.15) is 5.54 Å². The first-order valence-electron chi connectivity index (χ1n) is 7.95. The number of rotatable bonds is 2. The highest BCUT2D eigenvalue weighted by Gasteiger charge is 2.68. The summed E-state index contributed by atoms with van der Waals surface area (Å²) in [5, 5.41) is 12.7. The van der Waals surface area contributed by atoms with Crippen LogP contribution in [-0.4, -0.2) is 31.2 Å². The van der Waals surface area contributed by atoms with Crippen LogP contribution in [0.4, 0.5) is 0 Å². The normalized spacial score (nSPS) is 38.8. The minimum atomic E-state index is -0.843. The SMILES string of the molecule is COC(=O)[C@@]12CN[C@H]3CCC[C@@](c4ccc(C)cc4)(N=N1)[C@H]32. The molecule has 0 spiro atoms. The van der Waals surface area contributed by atoms with Gasteiger partial charge >= 0.3 is 5.97 Å². The first-order chi connectivity index (χ1) is 10.6. The third-order valence-electron chi connectivity index (χ3n) is 5.64. The van der Waals surface area contributed by atoms with Crippen molar-refractivity contribution in [3.63, 3.8) is 0 Å². The van der Waals surface area contributed by atoms with Crippen LogP contribution in [-0.2, 0) is 15.1 Å². The molecule has 1 aromatic carbocycles. The molecule has 2 aliphatic heterocycles. The van der Waals surface area contributed by atoms with Gasteiger partial charge in [0, 0.05) is 18.5 Å². The fourth-order valence-electron chi connectivity index (χ4n) is 4.62. The molecule has 0 radical (unpaired) electrons. The van der Waals surface area contributed by atoms with Crippen LogP contribution in [0.25, 0.3) is 0 Å². The maximum atomic E-state index is 12.5. The molecule has 4 atom stereocenters. The zero-order valence-corrected chi connectivity index (χ0v) is 13.0. The smallest absolute Gasteiger partial charge is 0.337 e. The largest absolute Gasteiger partial charge is 0.467 e. The number of carbonyl (C=O) groups is 1. The van der Waals surface area contributed by atoms with E-state index in [1.807, 2.05) is 0 Å². The van der Waals surface area contributed by atoms with Crippen LogP contribution in [0.15, 0.2) is 34.5 Å². The summed E-state index contributed by atoms with van der Waals surface area (Å²) in [5.74, 6) is -0.198. The predicted octanol–water partition coefficient (Wildman–Crippen LogP) is 2.34. The number of esters is 1. The van der Waals surface area contributed by atoms with E-state index in [9.17, 15) is 4.79 Å². The van der Waals surface area contributed by atoms with E-state index in [0.717, 1.165) is 19.3 Å². The first kappa shape index (κ1) is 13.9. The Kier molecular flexibility index (Phi) is 2.92. The number of nitrogens with one attached hydrogen (secondary N) is 1. The maximum absolute atomic E-state index is 12.5. The summed E-state index contributed by atoms with van der Waals surface area (Å²) in [6.07, 6.45) is 3.11. The average Bonchev–Trinajstić information content (AvgIpc) is 3.10. The molecule has 22 heavy (non-hydrogen) atoms. The lowest BCUT2D eigenvalue weighted by atomic mass is 9.63. The second-order valence-electron chi connectivity index (χ2n) is 6.76. The molecule has 116 valence electrons. The van der Waals surface area contributed by atoms with Crippen molar-refractivity contribution in [2.24, 2.45) is 16.1 Å². The standard InChI is InChI=1S/C17H21N3O2/c1-11-5-7-12(8-6-11)16-9-3-4-13-14(16)17(10-18-13,20-19-16)15(21)22-2/h5-8,13-14,18H,3-4,9-10H2,1-2H3/t13-,14-,16-,17-/m0/s1. The van der Waals surface area contributed by atoms with Crippen LogP contribution in [0.1, 0.15) is 30.4 Å². The summed E-state index contributed by atoms with van der Waals surface area (Å²) >= 11 is 0. The second-order valence-corrected chi connectivity index (χ2v) is 6.76. The molecule has 5 heteroatoms. The van der Waals surface area contributed by atoms with Gasteiger partial charge in [-0.05, 0) is 31.7 Å².